The summed E-state index contributed by atoms with van der Waals surface area (Å²) in [6.45, 7) is 2.73. The van der Waals surface area contributed by atoms with E-state index in [1.807, 2.05) is 34.9 Å². The lowest BCUT2D eigenvalue weighted by Gasteiger charge is -2.09. The van der Waals surface area contributed by atoms with Crippen LogP contribution in [0.2, 0.25) is 0 Å². The molecule has 0 aliphatic heterocycles. The van der Waals surface area contributed by atoms with Crippen LogP contribution in [-0.4, -0.2) is 22.1 Å². The van der Waals surface area contributed by atoms with Crippen LogP contribution in [0.5, 0.6) is 0 Å². The Labute approximate surface area is 123 Å². The molecule has 1 aliphatic carbocycles. The number of nitrogens with zero attached hydrogens (tertiary/aromatic N) is 2. The number of rotatable bonds is 5. The van der Waals surface area contributed by atoms with Crippen molar-refractivity contribution in [2.45, 2.75) is 32.2 Å². The molecule has 5 heteroatoms. The van der Waals surface area contributed by atoms with Crippen LogP contribution in [0.3, 0.4) is 0 Å². The van der Waals surface area contributed by atoms with Crippen LogP contribution >= 0.6 is 0 Å². The van der Waals surface area contributed by atoms with Gasteiger partial charge < -0.3 is 15.0 Å². The number of benzene rings is 1. The van der Waals surface area contributed by atoms with Crippen LogP contribution in [0.25, 0.3) is 0 Å². The normalized spacial score (nSPS) is 14.1. The Morgan fingerprint density at radius 2 is 2.10 bits per heavy atom. The maximum absolute atomic E-state index is 11.9. The molecule has 0 bridgehead atoms. The zero-order valence-corrected chi connectivity index (χ0v) is 12.1. The Bertz CT molecular complexity index is 645. The summed E-state index contributed by atoms with van der Waals surface area (Å²) in [7, 11) is 0. The van der Waals surface area contributed by atoms with Crippen molar-refractivity contribution in [1.29, 1.82) is 0 Å². The lowest BCUT2D eigenvalue weighted by molar-refractivity contribution is 0.0521. The Hall–Kier alpha value is -2.30. The molecule has 110 valence electrons. The van der Waals surface area contributed by atoms with E-state index in [1.165, 1.54) is 0 Å². The van der Waals surface area contributed by atoms with Crippen LogP contribution in [0, 0.1) is 0 Å². The van der Waals surface area contributed by atoms with Crippen LogP contribution in [-0.2, 0) is 11.3 Å². The zero-order chi connectivity index (χ0) is 14.8. The first-order chi connectivity index (χ1) is 10.2. The molecule has 0 amide bonds. The number of hydrogen-bond acceptors (Lipinski definition) is 4. The number of carbonyl (C=O) groups is 1. The van der Waals surface area contributed by atoms with E-state index in [2.05, 4.69) is 4.98 Å². The first-order valence-electron chi connectivity index (χ1n) is 7.27. The van der Waals surface area contributed by atoms with E-state index >= 15 is 0 Å². The minimum atomic E-state index is -0.441. The fourth-order valence-corrected chi connectivity index (χ4v) is 2.42. The highest BCUT2D eigenvalue weighted by atomic mass is 16.5. The summed E-state index contributed by atoms with van der Waals surface area (Å²) in [6, 6.07) is 10.0. The smallest absolute Gasteiger partial charge is 0.360 e. The highest BCUT2D eigenvalue weighted by molar-refractivity contribution is 5.92. The topological polar surface area (TPSA) is 70.1 Å². The average molecular weight is 285 g/mol. The van der Waals surface area contributed by atoms with Crippen LogP contribution in [0.4, 0.5) is 5.82 Å². The zero-order valence-electron chi connectivity index (χ0n) is 12.1. The van der Waals surface area contributed by atoms with Gasteiger partial charge in [0.1, 0.15) is 11.6 Å². The number of carbonyl (C=O) groups excluding carboxylic acids is 1. The van der Waals surface area contributed by atoms with Crippen molar-refractivity contribution in [2.24, 2.45) is 0 Å². The molecule has 0 atom stereocenters. The SMILES string of the molecule is CCOC(=O)c1nc(C2CC2)n(Cc2ccccc2)c1N. The Morgan fingerprint density at radius 1 is 1.38 bits per heavy atom. The molecular weight excluding hydrogens is 266 g/mol. The van der Waals surface area contributed by atoms with Crippen molar-refractivity contribution in [1.82, 2.24) is 9.55 Å². The molecule has 1 aromatic carbocycles. The monoisotopic (exact) mass is 285 g/mol. The Morgan fingerprint density at radius 3 is 2.71 bits per heavy atom. The van der Waals surface area contributed by atoms with Crippen LogP contribution < -0.4 is 5.73 Å². The molecule has 1 heterocycles. The number of ether oxygens (including phenoxy) is 1. The molecule has 1 aromatic heterocycles. The molecule has 1 aliphatic rings. The molecule has 0 spiro atoms. The van der Waals surface area contributed by atoms with E-state index in [-0.39, 0.29) is 5.69 Å². The fraction of sp³-hybridized carbons (Fsp3) is 0.375. The summed E-state index contributed by atoms with van der Waals surface area (Å²) in [5.41, 5.74) is 7.53. The fourth-order valence-electron chi connectivity index (χ4n) is 2.42. The average Bonchev–Trinajstić information content (AvgIpc) is 3.27. The molecule has 1 saturated carbocycles. The standard InChI is InChI=1S/C16H19N3O2/c1-2-21-16(20)13-14(17)19(15(18-13)12-8-9-12)10-11-6-4-3-5-7-11/h3-7,12H,2,8-10,17H2,1H3. The van der Waals surface area contributed by atoms with E-state index < -0.39 is 5.97 Å². The van der Waals surface area contributed by atoms with Gasteiger partial charge >= 0.3 is 5.97 Å². The van der Waals surface area contributed by atoms with Crippen molar-refractivity contribution in [3.05, 3.63) is 47.4 Å². The van der Waals surface area contributed by atoms with Gasteiger partial charge in [-0.15, -0.1) is 0 Å². The molecule has 2 aromatic rings. The number of aromatic nitrogens is 2. The molecule has 5 nitrogen and oxygen atoms in total. The summed E-state index contributed by atoms with van der Waals surface area (Å²) >= 11 is 0. The van der Waals surface area contributed by atoms with Crippen LogP contribution in [0.15, 0.2) is 30.3 Å². The van der Waals surface area contributed by atoms with E-state index in [4.69, 9.17) is 10.5 Å². The van der Waals surface area contributed by atoms with Gasteiger partial charge in [-0.25, -0.2) is 9.78 Å². The van der Waals surface area contributed by atoms with Crippen LogP contribution in [0.1, 0.15) is 47.6 Å². The molecule has 21 heavy (non-hydrogen) atoms. The second-order valence-electron chi connectivity index (χ2n) is 5.27. The third-order valence-corrected chi connectivity index (χ3v) is 3.63. The van der Waals surface area contributed by atoms with E-state index in [0.29, 0.717) is 24.9 Å². The van der Waals surface area contributed by atoms with Gasteiger partial charge in [-0.1, -0.05) is 30.3 Å². The number of esters is 1. The van der Waals surface area contributed by atoms with Crippen molar-refractivity contribution >= 4 is 11.8 Å². The number of anilines is 1. The largest absolute Gasteiger partial charge is 0.461 e. The van der Waals surface area contributed by atoms with E-state index in [0.717, 1.165) is 24.2 Å². The highest BCUT2D eigenvalue weighted by Crippen LogP contribution is 2.41. The third kappa shape index (κ3) is 2.77. The van der Waals surface area contributed by atoms with Crippen molar-refractivity contribution in [3.63, 3.8) is 0 Å². The minimum absolute atomic E-state index is 0.245. The number of imidazole rings is 1. The maximum Gasteiger partial charge on any atom is 0.360 e. The van der Waals surface area contributed by atoms with Crippen molar-refractivity contribution in [3.8, 4) is 0 Å². The third-order valence-electron chi connectivity index (χ3n) is 3.63. The molecular formula is C16H19N3O2. The second-order valence-corrected chi connectivity index (χ2v) is 5.27. The summed E-state index contributed by atoms with van der Waals surface area (Å²) in [5, 5.41) is 0. The van der Waals surface area contributed by atoms with Gasteiger partial charge in [0.25, 0.3) is 0 Å². The minimum Gasteiger partial charge on any atom is -0.461 e. The van der Waals surface area contributed by atoms with Gasteiger partial charge in [-0.2, -0.15) is 0 Å². The van der Waals surface area contributed by atoms with Crippen molar-refractivity contribution < 1.29 is 9.53 Å². The van der Waals surface area contributed by atoms with Gasteiger partial charge in [-0.3, -0.25) is 0 Å². The van der Waals surface area contributed by atoms with E-state index in [9.17, 15) is 4.79 Å². The predicted octanol–water partition coefficient (Wildman–Crippen LogP) is 2.57. The highest BCUT2D eigenvalue weighted by Gasteiger charge is 2.32. The summed E-state index contributed by atoms with van der Waals surface area (Å²) in [5.74, 6) is 1.28. The summed E-state index contributed by atoms with van der Waals surface area (Å²) in [6.07, 6.45) is 2.21. The first kappa shape index (κ1) is 13.7. The van der Waals surface area contributed by atoms with E-state index in [1.54, 1.807) is 6.92 Å². The maximum atomic E-state index is 11.9. The number of nitrogens with two attached hydrogens (primary N) is 1. The van der Waals surface area contributed by atoms with Gasteiger partial charge in [0, 0.05) is 5.92 Å². The molecule has 0 radical (unpaired) electrons. The van der Waals surface area contributed by atoms with Gasteiger partial charge in [-0.05, 0) is 25.3 Å². The molecule has 3 rings (SSSR count). The number of hydrogen-bond donors (Lipinski definition) is 1. The molecule has 1 fully saturated rings. The quantitative estimate of drug-likeness (QED) is 0.857. The number of nitrogen functional groups attached to an aromatic ring is 1. The summed E-state index contributed by atoms with van der Waals surface area (Å²) in [4.78, 5) is 16.4. The van der Waals surface area contributed by atoms with Crippen molar-refractivity contribution in [2.75, 3.05) is 12.3 Å². The lowest BCUT2D eigenvalue weighted by Crippen LogP contribution is -2.11. The van der Waals surface area contributed by atoms with Gasteiger partial charge in [0.05, 0.1) is 13.2 Å². The lowest BCUT2D eigenvalue weighted by atomic mass is 10.2. The van der Waals surface area contributed by atoms with Gasteiger partial charge in [0.2, 0.25) is 0 Å². The Kier molecular flexibility index (Phi) is 3.64. The first-order valence-corrected chi connectivity index (χ1v) is 7.27. The predicted molar refractivity (Wildman–Crippen MR) is 80.1 cm³/mol. The van der Waals surface area contributed by atoms with Gasteiger partial charge in [0.15, 0.2) is 5.69 Å². The molecule has 0 unspecified atom stereocenters. The second kappa shape index (κ2) is 5.60. The summed E-state index contributed by atoms with van der Waals surface area (Å²) < 4.78 is 6.98. The molecule has 0 saturated heterocycles. The Balaban J connectivity index is 1.96. The molecule has 2 N–H and O–H groups in total.